The molecular formula is C9H12F2N4. The van der Waals surface area contributed by atoms with E-state index in [0.717, 1.165) is 6.54 Å². The molecule has 1 atom stereocenters. The number of nitrogens with two attached hydrogens (primary N) is 1. The number of aromatic nitrogens is 3. The molecule has 0 spiro atoms. The molecule has 4 nitrogen and oxygen atoms in total. The molecule has 2 saturated carbocycles. The Morgan fingerprint density at radius 1 is 1.53 bits per heavy atom. The van der Waals surface area contributed by atoms with E-state index in [1.807, 2.05) is 0 Å². The van der Waals surface area contributed by atoms with Gasteiger partial charge in [-0.15, -0.1) is 5.10 Å². The Hall–Kier alpha value is -1.04. The molecule has 0 amide bonds. The van der Waals surface area contributed by atoms with E-state index in [2.05, 4.69) is 10.3 Å². The maximum atomic E-state index is 12.9. The van der Waals surface area contributed by atoms with E-state index in [1.165, 1.54) is 12.8 Å². The van der Waals surface area contributed by atoms with Gasteiger partial charge in [0.25, 0.3) is 5.92 Å². The molecule has 0 aliphatic heterocycles. The molecule has 2 N–H and O–H groups in total. The average molecular weight is 214 g/mol. The highest BCUT2D eigenvalue weighted by Crippen LogP contribution is 2.56. The lowest BCUT2D eigenvalue weighted by Gasteiger charge is -2.04. The smallest absolute Gasteiger partial charge is 0.274 e. The Bertz CT molecular complexity index is 399. The lowest BCUT2D eigenvalue weighted by atomic mass is 10.2. The number of alkyl halides is 2. The van der Waals surface area contributed by atoms with Gasteiger partial charge in [0.15, 0.2) is 0 Å². The second-order valence-corrected chi connectivity index (χ2v) is 4.62. The third-order valence-corrected chi connectivity index (χ3v) is 3.17. The number of rotatable bonds is 3. The lowest BCUT2D eigenvalue weighted by molar-refractivity contribution is 0.0881. The molecule has 1 aromatic rings. The summed E-state index contributed by atoms with van der Waals surface area (Å²) in [7, 11) is 0. The number of nitrogens with zero attached hydrogens (tertiary/aromatic N) is 3. The lowest BCUT2D eigenvalue weighted by Crippen LogP contribution is -2.27. The van der Waals surface area contributed by atoms with Crippen molar-refractivity contribution >= 4 is 0 Å². The zero-order chi connectivity index (χ0) is 10.7. The summed E-state index contributed by atoms with van der Waals surface area (Å²) in [4.78, 5) is 0. The summed E-state index contributed by atoms with van der Waals surface area (Å²) in [5.41, 5.74) is 4.19. The minimum absolute atomic E-state index is 0.216. The summed E-state index contributed by atoms with van der Waals surface area (Å²) < 4.78 is 27.5. The van der Waals surface area contributed by atoms with Gasteiger partial charge in [0.05, 0.1) is 6.20 Å². The highest BCUT2D eigenvalue weighted by molar-refractivity contribution is 5.28. The van der Waals surface area contributed by atoms with E-state index < -0.39 is 11.5 Å². The van der Waals surface area contributed by atoms with Crippen LogP contribution < -0.4 is 5.73 Å². The van der Waals surface area contributed by atoms with E-state index >= 15 is 0 Å². The second-order valence-electron chi connectivity index (χ2n) is 4.62. The zero-order valence-electron chi connectivity index (χ0n) is 8.16. The molecule has 0 bridgehead atoms. The number of hydrogen-bond acceptors (Lipinski definition) is 3. The van der Waals surface area contributed by atoms with Gasteiger partial charge in [0.1, 0.15) is 11.2 Å². The topological polar surface area (TPSA) is 56.7 Å². The van der Waals surface area contributed by atoms with Crippen LogP contribution in [0.1, 0.15) is 25.0 Å². The maximum absolute atomic E-state index is 12.9. The van der Waals surface area contributed by atoms with E-state index in [-0.39, 0.29) is 12.1 Å². The van der Waals surface area contributed by atoms with Crippen molar-refractivity contribution in [3.63, 3.8) is 0 Å². The summed E-state index contributed by atoms with van der Waals surface area (Å²) in [6.45, 7) is 0.772. The van der Waals surface area contributed by atoms with Gasteiger partial charge in [0, 0.05) is 13.0 Å². The Labute approximate surface area is 85.4 Å². The fraction of sp³-hybridized carbons (Fsp3) is 0.778. The van der Waals surface area contributed by atoms with Gasteiger partial charge in [-0.3, -0.25) is 4.68 Å². The quantitative estimate of drug-likeness (QED) is 0.812. The Morgan fingerprint density at radius 2 is 2.20 bits per heavy atom. The van der Waals surface area contributed by atoms with Crippen molar-refractivity contribution in [3.05, 3.63) is 11.9 Å². The van der Waals surface area contributed by atoms with Gasteiger partial charge in [0.2, 0.25) is 0 Å². The fourth-order valence-corrected chi connectivity index (χ4v) is 1.74. The molecule has 0 aromatic carbocycles. The highest BCUT2D eigenvalue weighted by Gasteiger charge is 2.71. The summed E-state index contributed by atoms with van der Waals surface area (Å²) in [6.07, 6.45) is 3.62. The van der Waals surface area contributed by atoms with Crippen LogP contribution in [0.15, 0.2) is 6.20 Å². The van der Waals surface area contributed by atoms with Crippen molar-refractivity contribution in [2.45, 2.75) is 37.3 Å². The Morgan fingerprint density at radius 3 is 2.73 bits per heavy atom. The van der Waals surface area contributed by atoms with Crippen molar-refractivity contribution in [2.24, 2.45) is 11.7 Å². The van der Waals surface area contributed by atoms with Crippen molar-refractivity contribution in [1.29, 1.82) is 0 Å². The molecule has 0 saturated heterocycles. The monoisotopic (exact) mass is 214 g/mol. The molecule has 2 aliphatic carbocycles. The molecule has 82 valence electrons. The van der Waals surface area contributed by atoms with Crippen LogP contribution in [0.3, 0.4) is 0 Å². The van der Waals surface area contributed by atoms with Crippen LogP contribution in [0.4, 0.5) is 8.78 Å². The molecule has 1 heterocycles. The van der Waals surface area contributed by atoms with E-state index in [0.29, 0.717) is 5.92 Å². The standard InChI is InChI=1S/C9H12F2N4/c10-9(11)5-8(9,12)7-4-15(14-13-7)3-6-1-2-6/h4,6H,1-3,5,12H2. The third-order valence-electron chi connectivity index (χ3n) is 3.17. The zero-order valence-corrected chi connectivity index (χ0v) is 8.16. The largest absolute Gasteiger partial charge is 0.315 e. The van der Waals surface area contributed by atoms with E-state index in [4.69, 9.17) is 5.73 Å². The van der Waals surface area contributed by atoms with Crippen LogP contribution in [-0.4, -0.2) is 20.9 Å². The van der Waals surface area contributed by atoms with Crippen LogP contribution in [0.25, 0.3) is 0 Å². The second kappa shape index (κ2) is 2.55. The average Bonchev–Trinajstić information content (AvgIpc) is 2.93. The first kappa shape index (κ1) is 9.21. The van der Waals surface area contributed by atoms with Crippen LogP contribution in [0, 0.1) is 5.92 Å². The molecular weight excluding hydrogens is 202 g/mol. The van der Waals surface area contributed by atoms with Crippen molar-refractivity contribution < 1.29 is 8.78 Å². The van der Waals surface area contributed by atoms with Crippen molar-refractivity contribution in [3.8, 4) is 0 Å². The molecule has 2 fully saturated rings. The predicted octanol–water partition coefficient (Wildman–Crippen LogP) is 0.881. The number of halogens is 2. The summed E-state index contributed by atoms with van der Waals surface area (Å²) >= 11 is 0. The summed E-state index contributed by atoms with van der Waals surface area (Å²) in [5.74, 6) is -2.17. The van der Waals surface area contributed by atoms with Gasteiger partial charge in [-0.25, -0.2) is 8.78 Å². The Kier molecular flexibility index (Phi) is 1.57. The van der Waals surface area contributed by atoms with E-state index in [1.54, 1.807) is 10.9 Å². The molecule has 6 heteroatoms. The number of hydrogen-bond donors (Lipinski definition) is 1. The van der Waals surface area contributed by atoms with Crippen LogP contribution in [0.5, 0.6) is 0 Å². The first-order valence-corrected chi connectivity index (χ1v) is 5.09. The first-order chi connectivity index (χ1) is 7.01. The highest BCUT2D eigenvalue weighted by atomic mass is 19.3. The van der Waals surface area contributed by atoms with E-state index in [9.17, 15) is 8.78 Å². The van der Waals surface area contributed by atoms with Crippen molar-refractivity contribution in [2.75, 3.05) is 0 Å². The molecule has 3 rings (SSSR count). The molecule has 0 radical (unpaired) electrons. The van der Waals surface area contributed by atoms with Gasteiger partial charge >= 0.3 is 0 Å². The van der Waals surface area contributed by atoms with Crippen LogP contribution in [-0.2, 0) is 12.1 Å². The van der Waals surface area contributed by atoms with Gasteiger partial charge in [-0.1, -0.05) is 5.21 Å². The SMILES string of the molecule is NC1(c2cn(CC3CC3)nn2)CC1(F)F. The molecule has 15 heavy (non-hydrogen) atoms. The van der Waals surface area contributed by atoms with Crippen molar-refractivity contribution in [1.82, 2.24) is 15.0 Å². The van der Waals surface area contributed by atoms with Crippen LogP contribution >= 0.6 is 0 Å². The Balaban J connectivity index is 1.78. The predicted molar refractivity (Wildman–Crippen MR) is 48.2 cm³/mol. The van der Waals surface area contributed by atoms with Gasteiger partial charge in [-0.05, 0) is 18.8 Å². The normalized spacial score (nSPS) is 33.0. The minimum atomic E-state index is -2.81. The summed E-state index contributed by atoms with van der Waals surface area (Å²) in [6, 6.07) is 0. The molecule has 2 aliphatic rings. The third kappa shape index (κ3) is 1.35. The minimum Gasteiger partial charge on any atom is -0.315 e. The van der Waals surface area contributed by atoms with Gasteiger partial charge in [-0.2, -0.15) is 0 Å². The summed E-state index contributed by atoms with van der Waals surface area (Å²) in [5, 5.41) is 7.56. The van der Waals surface area contributed by atoms with Crippen LogP contribution in [0.2, 0.25) is 0 Å². The van der Waals surface area contributed by atoms with Gasteiger partial charge < -0.3 is 5.73 Å². The first-order valence-electron chi connectivity index (χ1n) is 5.09. The fourth-order valence-electron chi connectivity index (χ4n) is 1.74. The maximum Gasteiger partial charge on any atom is 0.274 e. The molecule has 1 aromatic heterocycles. The molecule has 1 unspecified atom stereocenters.